The van der Waals surface area contributed by atoms with Crippen molar-refractivity contribution in [3.05, 3.63) is 0 Å². The van der Waals surface area contributed by atoms with E-state index in [4.69, 9.17) is 9.47 Å². The van der Waals surface area contributed by atoms with Gasteiger partial charge in [0.1, 0.15) is 6.10 Å². The molecule has 124 valence electrons. The third kappa shape index (κ3) is 2.42. The Labute approximate surface area is 130 Å². The molecule has 0 amide bonds. The van der Waals surface area contributed by atoms with E-state index in [1.165, 1.54) is 6.92 Å². The van der Waals surface area contributed by atoms with Crippen molar-refractivity contribution in [1.82, 2.24) is 4.90 Å². The molecule has 6 atom stereocenters. The molecule has 0 bridgehead atoms. The molecular formula is C16H25NO5. The van der Waals surface area contributed by atoms with E-state index in [0.29, 0.717) is 6.61 Å². The molecular weight excluding hydrogens is 286 g/mol. The molecule has 1 N–H and O–H groups in total. The average molecular weight is 311 g/mol. The fourth-order valence-corrected chi connectivity index (χ4v) is 3.94. The quantitative estimate of drug-likeness (QED) is 0.659. The van der Waals surface area contributed by atoms with Gasteiger partial charge in [0.25, 0.3) is 0 Å². The van der Waals surface area contributed by atoms with Crippen molar-refractivity contribution in [1.29, 1.82) is 0 Å². The molecule has 0 aromatic rings. The fourth-order valence-electron chi connectivity index (χ4n) is 3.94. The summed E-state index contributed by atoms with van der Waals surface area (Å²) in [5, 5.41) is 10.6. The number of carbonyl (C=O) groups excluding carboxylic acids is 2. The Morgan fingerprint density at radius 1 is 1.14 bits per heavy atom. The van der Waals surface area contributed by atoms with Crippen LogP contribution >= 0.6 is 0 Å². The highest BCUT2D eigenvalue weighted by atomic mass is 16.6. The van der Waals surface area contributed by atoms with E-state index < -0.39 is 29.4 Å². The van der Waals surface area contributed by atoms with Crippen LogP contribution in [0.15, 0.2) is 0 Å². The lowest BCUT2D eigenvalue weighted by atomic mass is 9.80. The molecule has 6 heteroatoms. The first kappa shape index (κ1) is 15.7. The van der Waals surface area contributed by atoms with Gasteiger partial charge in [0, 0.05) is 12.5 Å². The Hall–Kier alpha value is -1.14. The van der Waals surface area contributed by atoms with Crippen LogP contribution in [-0.4, -0.2) is 59.4 Å². The van der Waals surface area contributed by atoms with Gasteiger partial charge in [0.05, 0.1) is 30.1 Å². The summed E-state index contributed by atoms with van der Waals surface area (Å²) in [5.74, 6) is -2.22. The van der Waals surface area contributed by atoms with Crippen molar-refractivity contribution < 1.29 is 24.2 Å². The van der Waals surface area contributed by atoms with Crippen molar-refractivity contribution in [2.45, 2.75) is 51.4 Å². The molecule has 3 aliphatic rings. The molecule has 6 nitrogen and oxygen atoms in total. The Bertz CT molecular complexity index is 477. The predicted molar refractivity (Wildman–Crippen MR) is 77.9 cm³/mol. The van der Waals surface area contributed by atoms with Crippen LogP contribution in [0.2, 0.25) is 0 Å². The molecule has 0 aliphatic carbocycles. The van der Waals surface area contributed by atoms with Crippen LogP contribution in [0.25, 0.3) is 0 Å². The smallest absolute Gasteiger partial charge is 0.311 e. The van der Waals surface area contributed by atoms with E-state index in [2.05, 4.69) is 4.90 Å². The van der Waals surface area contributed by atoms with Crippen LogP contribution in [0.5, 0.6) is 0 Å². The third-order valence-corrected chi connectivity index (χ3v) is 5.94. The van der Waals surface area contributed by atoms with E-state index in [9.17, 15) is 14.7 Å². The molecule has 3 heterocycles. The Balaban J connectivity index is 1.89. The Morgan fingerprint density at radius 3 is 2.50 bits per heavy atom. The first-order valence-electron chi connectivity index (χ1n) is 8.16. The van der Waals surface area contributed by atoms with Crippen molar-refractivity contribution in [3.63, 3.8) is 0 Å². The van der Waals surface area contributed by atoms with Gasteiger partial charge in [-0.25, -0.2) is 0 Å². The van der Waals surface area contributed by atoms with Gasteiger partial charge in [-0.05, 0) is 40.2 Å². The summed E-state index contributed by atoms with van der Waals surface area (Å²) in [7, 11) is 0. The number of rotatable bonds is 0. The zero-order valence-corrected chi connectivity index (χ0v) is 13.4. The van der Waals surface area contributed by atoms with Crippen molar-refractivity contribution in [2.24, 2.45) is 17.8 Å². The maximum absolute atomic E-state index is 12.4. The molecule has 3 saturated heterocycles. The molecule has 0 spiro atoms. The maximum atomic E-state index is 12.4. The summed E-state index contributed by atoms with van der Waals surface area (Å²) >= 11 is 0. The predicted octanol–water partition coefficient (Wildman–Crippen LogP) is 0.572. The van der Waals surface area contributed by atoms with Gasteiger partial charge in [0.2, 0.25) is 0 Å². The van der Waals surface area contributed by atoms with E-state index in [1.807, 2.05) is 0 Å². The first-order chi connectivity index (χ1) is 10.3. The summed E-state index contributed by atoms with van der Waals surface area (Å²) in [5.41, 5.74) is -1.48. The second kappa shape index (κ2) is 5.49. The monoisotopic (exact) mass is 311 g/mol. The number of esters is 2. The minimum absolute atomic E-state index is 0.141. The summed E-state index contributed by atoms with van der Waals surface area (Å²) < 4.78 is 11.2. The minimum atomic E-state index is -1.48. The SMILES string of the molecule is C[C@@H]1C(=O)OC[C@@H]2CCN3CC[C@@H](OC(=O)[C@H](C)[C@]1(C)O)[C@@H]23. The van der Waals surface area contributed by atoms with E-state index in [0.717, 1.165) is 25.9 Å². The molecule has 0 aromatic carbocycles. The van der Waals surface area contributed by atoms with Gasteiger partial charge >= 0.3 is 11.9 Å². The normalized spacial score (nSPS) is 46.6. The van der Waals surface area contributed by atoms with E-state index in [-0.39, 0.29) is 18.1 Å². The van der Waals surface area contributed by atoms with Crippen molar-refractivity contribution in [3.8, 4) is 0 Å². The van der Waals surface area contributed by atoms with Crippen LogP contribution in [0.3, 0.4) is 0 Å². The molecule has 0 saturated carbocycles. The number of aliphatic hydroxyl groups is 1. The van der Waals surface area contributed by atoms with Crippen LogP contribution in [-0.2, 0) is 19.1 Å². The zero-order valence-electron chi connectivity index (χ0n) is 13.4. The first-order valence-corrected chi connectivity index (χ1v) is 8.16. The number of ether oxygens (including phenoxy) is 2. The maximum Gasteiger partial charge on any atom is 0.311 e. The van der Waals surface area contributed by atoms with Gasteiger partial charge in [-0.1, -0.05) is 0 Å². The molecule has 3 aliphatic heterocycles. The van der Waals surface area contributed by atoms with Crippen molar-refractivity contribution >= 4 is 11.9 Å². The van der Waals surface area contributed by atoms with E-state index >= 15 is 0 Å². The summed E-state index contributed by atoms with van der Waals surface area (Å²) in [6.45, 7) is 6.93. The molecule has 3 rings (SSSR count). The van der Waals surface area contributed by atoms with E-state index in [1.54, 1.807) is 13.8 Å². The zero-order chi connectivity index (χ0) is 16.1. The molecule has 0 unspecified atom stereocenters. The molecule has 0 radical (unpaired) electrons. The Morgan fingerprint density at radius 2 is 1.77 bits per heavy atom. The molecule has 22 heavy (non-hydrogen) atoms. The van der Waals surface area contributed by atoms with Gasteiger partial charge in [0.15, 0.2) is 0 Å². The third-order valence-electron chi connectivity index (χ3n) is 5.94. The average Bonchev–Trinajstić information content (AvgIpc) is 3.05. The second-order valence-electron chi connectivity index (χ2n) is 7.14. The largest absolute Gasteiger partial charge is 0.465 e. The minimum Gasteiger partial charge on any atom is -0.465 e. The number of hydrogen-bond acceptors (Lipinski definition) is 6. The topological polar surface area (TPSA) is 76.1 Å². The van der Waals surface area contributed by atoms with Crippen LogP contribution in [0.4, 0.5) is 0 Å². The van der Waals surface area contributed by atoms with Gasteiger partial charge < -0.3 is 14.6 Å². The van der Waals surface area contributed by atoms with Crippen LogP contribution < -0.4 is 0 Å². The standard InChI is InChI=1S/C16H25NO5/c1-9-14(18)21-8-11-4-6-17-7-5-12(13(11)17)22-15(19)10(2)16(9,3)20/h9-13,20H,4-8H2,1-3H3/t9-,10+,11+,12-,13-,16-/m1/s1. The number of carbonyl (C=O) groups is 2. The fraction of sp³-hybridized carbons (Fsp3) is 0.875. The van der Waals surface area contributed by atoms with Crippen molar-refractivity contribution in [2.75, 3.05) is 19.7 Å². The van der Waals surface area contributed by atoms with Gasteiger partial charge in [-0.15, -0.1) is 0 Å². The highest BCUT2D eigenvalue weighted by Gasteiger charge is 2.50. The second-order valence-corrected chi connectivity index (χ2v) is 7.14. The van der Waals surface area contributed by atoms with Gasteiger partial charge in [-0.3, -0.25) is 14.5 Å². The summed E-state index contributed by atoms with van der Waals surface area (Å²) in [6, 6.07) is 0.141. The highest BCUT2D eigenvalue weighted by Crippen LogP contribution is 2.37. The molecule has 0 aromatic heterocycles. The lowest BCUT2D eigenvalue weighted by Gasteiger charge is -2.33. The number of cyclic esters (lactones) is 1. The summed E-state index contributed by atoms with van der Waals surface area (Å²) in [6.07, 6.45) is 1.60. The molecule has 3 fully saturated rings. The lowest BCUT2D eigenvalue weighted by molar-refractivity contribution is -0.171. The summed E-state index contributed by atoms with van der Waals surface area (Å²) in [4.78, 5) is 27.0. The number of nitrogens with zero attached hydrogens (tertiary/aromatic N) is 1. The highest BCUT2D eigenvalue weighted by molar-refractivity contribution is 5.78. The van der Waals surface area contributed by atoms with Crippen LogP contribution in [0, 0.1) is 17.8 Å². The number of hydrogen-bond donors (Lipinski definition) is 1. The van der Waals surface area contributed by atoms with Crippen LogP contribution in [0.1, 0.15) is 33.6 Å². The Kier molecular flexibility index (Phi) is 3.93. The van der Waals surface area contributed by atoms with Gasteiger partial charge in [-0.2, -0.15) is 0 Å². The lowest BCUT2D eigenvalue weighted by Crippen LogP contribution is -2.48.